The third kappa shape index (κ3) is 3.32. The van der Waals surface area contributed by atoms with Gasteiger partial charge in [0.25, 0.3) is 0 Å². The molecule has 0 radical (unpaired) electrons. The van der Waals surface area contributed by atoms with Crippen LogP contribution in [0.1, 0.15) is 41.0 Å². The Bertz CT molecular complexity index is 1260. The van der Waals surface area contributed by atoms with Crippen LogP contribution >= 0.6 is 0 Å². The molecule has 5 aliphatic rings. The number of methoxy groups -OCH3 is 1. The average Bonchev–Trinajstić information content (AvgIpc) is 3.18. The summed E-state index contributed by atoms with van der Waals surface area (Å²) in [4.78, 5) is 52.5. The third-order valence-electron chi connectivity index (χ3n) is 9.83. The molecule has 4 fully saturated rings. The van der Waals surface area contributed by atoms with E-state index in [0.717, 1.165) is 7.11 Å². The molecule has 2 heterocycles. The van der Waals surface area contributed by atoms with Crippen molar-refractivity contribution in [2.24, 2.45) is 28.6 Å². The monoisotopic (exact) mass is 546 g/mol. The van der Waals surface area contributed by atoms with Gasteiger partial charge in [-0.3, -0.25) is 4.79 Å². The molecule has 2 unspecified atom stereocenters. The van der Waals surface area contributed by atoms with Gasteiger partial charge in [0.05, 0.1) is 25.7 Å². The van der Waals surface area contributed by atoms with Gasteiger partial charge in [0, 0.05) is 34.8 Å². The number of rotatable bonds is 4. The first-order chi connectivity index (χ1) is 18.2. The number of ether oxygens (including phenoxy) is 4. The summed E-state index contributed by atoms with van der Waals surface area (Å²) in [5, 5.41) is 33.8. The summed E-state index contributed by atoms with van der Waals surface area (Å²) in [7, 11) is 1.09. The highest BCUT2D eigenvalue weighted by Gasteiger charge is 2.84. The predicted octanol–water partition coefficient (Wildman–Crippen LogP) is 1.07. The van der Waals surface area contributed by atoms with Crippen LogP contribution in [0.25, 0.3) is 0 Å². The van der Waals surface area contributed by atoms with E-state index in [1.54, 1.807) is 20.8 Å². The molecule has 0 amide bonds. The quantitative estimate of drug-likeness (QED) is 0.262. The van der Waals surface area contributed by atoms with Gasteiger partial charge in [-0.05, 0) is 31.4 Å². The number of allylic oxidation sites excluding steroid dienone is 3. The standard InChI is InChI=1S/C28H34O11/c1-11(2)12(3)7-17(30)39-20-22-27-10-37-28(22,25(35)36-6)23(33)19(32)21(27)26(5)9-15(29)18(31)13(4)14(26)8-16(27)38-24(20)34/h7,9,11,16,19-23,29,32-33H,8,10H2,1-6H3/b12-7+/t16-,19-,20-,21-,22-,23?,26+,27-,28?/m1/s1. The van der Waals surface area contributed by atoms with Crippen LogP contribution in [0.4, 0.5) is 0 Å². The Morgan fingerprint density at radius 2 is 1.87 bits per heavy atom. The van der Waals surface area contributed by atoms with Gasteiger partial charge < -0.3 is 34.3 Å². The molecule has 2 bridgehead atoms. The normalized spacial score (nSPS) is 42.9. The second-order valence-corrected chi connectivity index (χ2v) is 11.9. The minimum Gasteiger partial charge on any atom is -0.504 e. The summed E-state index contributed by atoms with van der Waals surface area (Å²) in [5.41, 5.74) is -3.31. The molecule has 1 spiro atoms. The summed E-state index contributed by atoms with van der Waals surface area (Å²) in [6.07, 6.45) is -3.55. The molecule has 212 valence electrons. The number of esters is 3. The van der Waals surface area contributed by atoms with E-state index in [4.69, 9.17) is 18.9 Å². The Balaban J connectivity index is 1.73. The van der Waals surface area contributed by atoms with Crippen molar-refractivity contribution in [1.29, 1.82) is 0 Å². The number of Topliss-reactive ketones (excluding diaryl/α,β-unsaturated/α-hetero) is 1. The maximum Gasteiger partial charge on any atom is 0.348 e. The molecular formula is C28H34O11. The average molecular weight is 547 g/mol. The van der Waals surface area contributed by atoms with Crippen molar-refractivity contribution in [3.63, 3.8) is 0 Å². The second-order valence-electron chi connectivity index (χ2n) is 11.9. The van der Waals surface area contributed by atoms with Crippen LogP contribution in [0.5, 0.6) is 0 Å². The molecule has 2 saturated carbocycles. The van der Waals surface area contributed by atoms with Crippen LogP contribution in [0.3, 0.4) is 0 Å². The van der Waals surface area contributed by atoms with Crippen molar-refractivity contribution in [3.05, 3.63) is 34.6 Å². The lowest BCUT2D eigenvalue weighted by molar-refractivity contribution is -0.272. The van der Waals surface area contributed by atoms with Crippen LogP contribution in [0, 0.1) is 28.6 Å². The van der Waals surface area contributed by atoms with E-state index < -0.39 is 82.1 Å². The Labute approximate surface area is 225 Å². The third-order valence-corrected chi connectivity index (χ3v) is 9.83. The van der Waals surface area contributed by atoms with Crippen LogP contribution in [0.2, 0.25) is 0 Å². The van der Waals surface area contributed by atoms with E-state index in [1.807, 2.05) is 13.8 Å². The minimum absolute atomic E-state index is 0.0241. The molecule has 11 heteroatoms. The van der Waals surface area contributed by atoms with E-state index in [1.165, 1.54) is 12.2 Å². The highest BCUT2D eigenvalue weighted by molar-refractivity contribution is 6.08. The van der Waals surface area contributed by atoms with Gasteiger partial charge in [-0.1, -0.05) is 26.3 Å². The lowest BCUT2D eigenvalue weighted by Crippen LogP contribution is -2.78. The van der Waals surface area contributed by atoms with Crippen LogP contribution < -0.4 is 0 Å². The van der Waals surface area contributed by atoms with Gasteiger partial charge in [0.2, 0.25) is 17.5 Å². The molecule has 2 saturated heterocycles. The van der Waals surface area contributed by atoms with E-state index in [0.29, 0.717) is 11.1 Å². The lowest BCUT2D eigenvalue weighted by atomic mass is 9.40. The lowest BCUT2D eigenvalue weighted by Gasteiger charge is -2.65. The number of aliphatic hydroxyl groups is 3. The van der Waals surface area contributed by atoms with Gasteiger partial charge >= 0.3 is 17.9 Å². The molecule has 2 aliphatic heterocycles. The zero-order valence-corrected chi connectivity index (χ0v) is 22.7. The second kappa shape index (κ2) is 8.74. The van der Waals surface area contributed by atoms with Gasteiger partial charge in [0.1, 0.15) is 12.2 Å². The zero-order valence-electron chi connectivity index (χ0n) is 22.7. The fourth-order valence-electron chi connectivity index (χ4n) is 7.83. The first-order valence-electron chi connectivity index (χ1n) is 13.0. The van der Waals surface area contributed by atoms with Crippen molar-refractivity contribution >= 4 is 23.7 Å². The largest absolute Gasteiger partial charge is 0.504 e. The number of carbonyl (C=O) groups excluding carboxylic acids is 4. The maximum atomic E-state index is 13.5. The maximum absolute atomic E-state index is 13.5. The molecule has 39 heavy (non-hydrogen) atoms. The molecule has 5 rings (SSSR count). The number of ketones is 1. The Morgan fingerprint density at radius 1 is 1.21 bits per heavy atom. The van der Waals surface area contributed by atoms with Gasteiger partial charge in [-0.15, -0.1) is 0 Å². The number of fused-ring (bicyclic) bond motifs is 2. The highest BCUT2D eigenvalue weighted by Crippen LogP contribution is 2.71. The Morgan fingerprint density at radius 3 is 2.49 bits per heavy atom. The molecule has 3 N–H and O–H groups in total. The SMILES string of the molecule is COC(=O)C12OC[C@@]34[C@@H](CC5=C(C)C(=O)C(O)=C[C@]5(C)[C@H]3[C@@H](O)C1O)OC(=O)[C@H](OC(=O)/C=C(\C)C(C)C)[C@@H]24. The van der Waals surface area contributed by atoms with Crippen molar-refractivity contribution in [2.75, 3.05) is 13.7 Å². The molecule has 0 aromatic heterocycles. The van der Waals surface area contributed by atoms with Gasteiger partial charge in [-0.25, -0.2) is 14.4 Å². The van der Waals surface area contributed by atoms with Crippen LogP contribution in [0.15, 0.2) is 34.6 Å². The van der Waals surface area contributed by atoms with E-state index in [9.17, 15) is 34.5 Å². The first kappa shape index (κ1) is 27.5. The molecule has 11 nitrogen and oxygen atoms in total. The number of hydrogen-bond donors (Lipinski definition) is 3. The fourth-order valence-corrected chi connectivity index (χ4v) is 7.83. The Hall–Kier alpha value is -3.02. The first-order valence-corrected chi connectivity index (χ1v) is 13.0. The van der Waals surface area contributed by atoms with Crippen LogP contribution in [-0.4, -0.2) is 82.7 Å². The minimum atomic E-state index is -2.24. The molecular weight excluding hydrogens is 512 g/mol. The fraction of sp³-hybridized carbons (Fsp3) is 0.643. The smallest absolute Gasteiger partial charge is 0.348 e. The topological polar surface area (TPSA) is 166 Å². The number of hydrogen-bond acceptors (Lipinski definition) is 11. The van der Waals surface area contributed by atoms with E-state index in [2.05, 4.69) is 0 Å². The molecule has 3 aliphatic carbocycles. The van der Waals surface area contributed by atoms with Crippen molar-refractivity contribution in [3.8, 4) is 0 Å². The van der Waals surface area contributed by atoms with Crippen molar-refractivity contribution in [1.82, 2.24) is 0 Å². The van der Waals surface area contributed by atoms with E-state index >= 15 is 0 Å². The summed E-state index contributed by atoms with van der Waals surface area (Å²) in [6, 6.07) is 0. The zero-order chi connectivity index (χ0) is 28.8. The summed E-state index contributed by atoms with van der Waals surface area (Å²) in [5.74, 6) is -6.19. The van der Waals surface area contributed by atoms with Crippen molar-refractivity contribution in [2.45, 2.75) is 71.1 Å². The predicted molar refractivity (Wildman–Crippen MR) is 132 cm³/mol. The van der Waals surface area contributed by atoms with Crippen LogP contribution in [-0.2, 0) is 38.1 Å². The molecule has 0 aromatic rings. The number of aliphatic hydroxyl groups excluding tert-OH is 3. The van der Waals surface area contributed by atoms with Gasteiger partial charge in [0.15, 0.2) is 5.76 Å². The Kier molecular flexibility index (Phi) is 6.17. The van der Waals surface area contributed by atoms with Gasteiger partial charge in [-0.2, -0.15) is 0 Å². The summed E-state index contributed by atoms with van der Waals surface area (Å²) < 4.78 is 22.6. The van der Waals surface area contributed by atoms with E-state index in [-0.39, 0.29) is 24.5 Å². The summed E-state index contributed by atoms with van der Waals surface area (Å²) >= 11 is 0. The highest BCUT2D eigenvalue weighted by atomic mass is 16.6. The van der Waals surface area contributed by atoms with Crippen molar-refractivity contribution < 1.29 is 53.4 Å². The molecule has 9 atom stereocenters. The summed E-state index contributed by atoms with van der Waals surface area (Å²) in [6.45, 7) is 8.52. The molecule has 0 aromatic carbocycles. The number of carbonyl (C=O) groups is 4.